The quantitative estimate of drug-likeness (QED) is 0.154. The maximum absolute atomic E-state index is 10.6. The SMILES string of the molecule is OC[C@H]1O[C@H](OC[C@H]2O[C@H](O)[C@@H](O)[C@@H](O[C@H]3O[C@H](CO)[C@@H](O)[C@H](O)[C@H]3O)[C@@H]2O)[C@@H](O)[C@@H](O)[C@@H]1O. The molecular formula is C18H32O16. The first-order chi connectivity index (χ1) is 16.0. The Hall–Kier alpha value is -0.640. The molecule has 3 aliphatic heterocycles. The standard InChI is InChI=1S/C18H32O16/c19-1-4-7(21)10(24)12(26)17(32-4)30-3-6-9(23)15(14(28)16(29)31-6)34-18-13(27)11(25)8(22)5(2-20)33-18/h4-29H,1-3H2/t4-,5-,6-,7-,8-,9-,10+,11+,12+,13-,14+,15+,16+,17+,18-/m1/s1. The van der Waals surface area contributed by atoms with Gasteiger partial charge in [-0.2, -0.15) is 0 Å². The normalized spacial score (nSPS) is 52.5. The zero-order chi connectivity index (χ0) is 25.3. The molecule has 0 radical (unpaired) electrons. The molecule has 16 nitrogen and oxygen atoms in total. The molecule has 0 amide bonds. The van der Waals surface area contributed by atoms with Gasteiger partial charge >= 0.3 is 0 Å². The van der Waals surface area contributed by atoms with E-state index in [0.717, 1.165) is 0 Å². The maximum Gasteiger partial charge on any atom is 0.187 e. The Morgan fingerprint density at radius 1 is 0.500 bits per heavy atom. The Labute approximate surface area is 192 Å². The molecule has 15 atom stereocenters. The van der Waals surface area contributed by atoms with Gasteiger partial charge in [-0.05, 0) is 0 Å². The third kappa shape index (κ3) is 5.52. The second kappa shape index (κ2) is 11.6. The molecular weight excluding hydrogens is 472 g/mol. The molecule has 3 rings (SSSR count). The molecule has 200 valence electrons. The molecule has 3 saturated heterocycles. The van der Waals surface area contributed by atoms with Crippen molar-refractivity contribution in [2.45, 2.75) is 92.1 Å². The highest BCUT2D eigenvalue weighted by atomic mass is 16.7. The van der Waals surface area contributed by atoms with E-state index in [-0.39, 0.29) is 0 Å². The zero-order valence-corrected chi connectivity index (χ0v) is 17.7. The third-order valence-electron chi connectivity index (χ3n) is 6.07. The van der Waals surface area contributed by atoms with Crippen LogP contribution in [0.3, 0.4) is 0 Å². The number of hydrogen-bond donors (Lipinski definition) is 11. The van der Waals surface area contributed by atoms with Gasteiger partial charge in [0.1, 0.15) is 73.2 Å². The summed E-state index contributed by atoms with van der Waals surface area (Å²) in [7, 11) is 0. The van der Waals surface area contributed by atoms with E-state index < -0.39 is 112 Å². The van der Waals surface area contributed by atoms with Crippen LogP contribution in [0, 0.1) is 0 Å². The molecule has 3 heterocycles. The summed E-state index contributed by atoms with van der Waals surface area (Å²) in [6.45, 7) is -2.06. The van der Waals surface area contributed by atoms with Gasteiger partial charge in [0.25, 0.3) is 0 Å². The summed E-state index contributed by atoms with van der Waals surface area (Å²) in [5.41, 5.74) is 0. The van der Waals surface area contributed by atoms with Crippen molar-refractivity contribution in [1.82, 2.24) is 0 Å². The van der Waals surface area contributed by atoms with Gasteiger partial charge in [0.05, 0.1) is 19.8 Å². The van der Waals surface area contributed by atoms with Gasteiger partial charge in [-0.15, -0.1) is 0 Å². The average Bonchev–Trinajstić information content (AvgIpc) is 2.82. The summed E-state index contributed by atoms with van der Waals surface area (Å²) in [5.74, 6) is 0. The molecule has 3 fully saturated rings. The van der Waals surface area contributed by atoms with Crippen LogP contribution < -0.4 is 0 Å². The monoisotopic (exact) mass is 504 g/mol. The molecule has 0 aliphatic carbocycles. The molecule has 34 heavy (non-hydrogen) atoms. The highest BCUT2D eigenvalue weighted by Crippen LogP contribution is 2.29. The Morgan fingerprint density at radius 2 is 1.00 bits per heavy atom. The van der Waals surface area contributed by atoms with Gasteiger partial charge in [-0.1, -0.05) is 0 Å². The minimum Gasteiger partial charge on any atom is -0.394 e. The minimum absolute atomic E-state index is 0.609. The lowest BCUT2D eigenvalue weighted by atomic mass is 9.97. The van der Waals surface area contributed by atoms with Crippen molar-refractivity contribution in [2.24, 2.45) is 0 Å². The lowest BCUT2D eigenvalue weighted by molar-refractivity contribution is -0.361. The molecule has 0 saturated carbocycles. The van der Waals surface area contributed by atoms with Gasteiger partial charge in [0.15, 0.2) is 18.9 Å². The van der Waals surface area contributed by atoms with Gasteiger partial charge in [-0.3, -0.25) is 0 Å². The molecule has 0 aromatic heterocycles. The van der Waals surface area contributed by atoms with Crippen LogP contribution in [0.2, 0.25) is 0 Å². The summed E-state index contributed by atoms with van der Waals surface area (Å²) < 4.78 is 26.1. The summed E-state index contributed by atoms with van der Waals surface area (Å²) in [6, 6.07) is 0. The van der Waals surface area contributed by atoms with Crippen molar-refractivity contribution in [2.75, 3.05) is 19.8 Å². The van der Waals surface area contributed by atoms with E-state index in [1.54, 1.807) is 0 Å². The molecule has 3 aliphatic rings. The minimum atomic E-state index is -1.93. The molecule has 0 aromatic carbocycles. The molecule has 0 unspecified atom stereocenters. The van der Waals surface area contributed by atoms with Gasteiger partial charge in [0.2, 0.25) is 0 Å². The van der Waals surface area contributed by atoms with Crippen LogP contribution in [0.15, 0.2) is 0 Å². The number of aliphatic hydroxyl groups excluding tert-OH is 11. The van der Waals surface area contributed by atoms with Crippen LogP contribution in [0.1, 0.15) is 0 Å². The molecule has 0 aromatic rings. The Bertz CT molecular complexity index is 637. The van der Waals surface area contributed by atoms with Crippen LogP contribution in [0.5, 0.6) is 0 Å². The highest BCUT2D eigenvalue weighted by Gasteiger charge is 2.51. The van der Waals surface area contributed by atoms with Gasteiger partial charge in [-0.25, -0.2) is 0 Å². The number of aliphatic hydroxyl groups is 11. The second-order valence-corrected chi connectivity index (χ2v) is 8.37. The highest BCUT2D eigenvalue weighted by molar-refractivity contribution is 4.94. The lowest BCUT2D eigenvalue weighted by Gasteiger charge is -2.45. The molecule has 11 N–H and O–H groups in total. The predicted octanol–water partition coefficient (Wildman–Crippen LogP) is -7.57. The van der Waals surface area contributed by atoms with Gasteiger partial charge in [0, 0.05) is 0 Å². The van der Waals surface area contributed by atoms with E-state index in [4.69, 9.17) is 23.7 Å². The fourth-order valence-electron chi connectivity index (χ4n) is 3.94. The van der Waals surface area contributed by atoms with Crippen molar-refractivity contribution in [3.05, 3.63) is 0 Å². The zero-order valence-electron chi connectivity index (χ0n) is 17.7. The smallest absolute Gasteiger partial charge is 0.187 e. The Morgan fingerprint density at radius 3 is 1.53 bits per heavy atom. The second-order valence-electron chi connectivity index (χ2n) is 8.37. The lowest BCUT2D eigenvalue weighted by Crippen LogP contribution is -2.65. The largest absolute Gasteiger partial charge is 0.394 e. The summed E-state index contributed by atoms with van der Waals surface area (Å²) in [5, 5.41) is 109. The first kappa shape index (κ1) is 27.9. The average molecular weight is 504 g/mol. The molecule has 0 bridgehead atoms. The maximum atomic E-state index is 10.6. The summed E-state index contributed by atoms with van der Waals surface area (Å²) in [4.78, 5) is 0. The number of hydrogen-bond acceptors (Lipinski definition) is 16. The number of rotatable bonds is 7. The summed E-state index contributed by atoms with van der Waals surface area (Å²) in [6.07, 6.45) is -24.9. The number of ether oxygens (including phenoxy) is 5. The van der Waals surface area contributed by atoms with Crippen molar-refractivity contribution >= 4 is 0 Å². The van der Waals surface area contributed by atoms with Crippen LogP contribution in [-0.2, 0) is 23.7 Å². The van der Waals surface area contributed by atoms with E-state index in [1.165, 1.54) is 0 Å². The molecule has 0 spiro atoms. The first-order valence-electron chi connectivity index (χ1n) is 10.6. The fourth-order valence-corrected chi connectivity index (χ4v) is 3.94. The third-order valence-corrected chi connectivity index (χ3v) is 6.07. The van der Waals surface area contributed by atoms with Crippen molar-refractivity contribution in [1.29, 1.82) is 0 Å². The van der Waals surface area contributed by atoms with Crippen molar-refractivity contribution < 1.29 is 79.9 Å². The van der Waals surface area contributed by atoms with Crippen molar-refractivity contribution in [3.8, 4) is 0 Å². The predicted molar refractivity (Wildman–Crippen MR) is 101 cm³/mol. The van der Waals surface area contributed by atoms with Crippen molar-refractivity contribution in [3.63, 3.8) is 0 Å². The van der Waals surface area contributed by atoms with Gasteiger partial charge < -0.3 is 79.9 Å². The van der Waals surface area contributed by atoms with Crippen LogP contribution in [0.25, 0.3) is 0 Å². The summed E-state index contributed by atoms with van der Waals surface area (Å²) >= 11 is 0. The van der Waals surface area contributed by atoms with E-state index in [0.29, 0.717) is 0 Å². The van der Waals surface area contributed by atoms with Crippen LogP contribution in [-0.4, -0.2) is 168 Å². The Balaban J connectivity index is 1.65. The van der Waals surface area contributed by atoms with E-state index in [2.05, 4.69) is 0 Å². The van der Waals surface area contributed by atoms with Crippen LogP contribution in [0.4, 0.5) is 0 Å². The van der Waals surface area contributed by atoms with E-state index in [1.807, 2.05) is 0 Å². The first-order valence-corrected chi connectivity index (χ1v) is 10.6. The van der Waals surface area contributed by atoms with Crippen LogP contribution >= 0.6 is 0 Å². The van der Waals surface area contributed by atoms with E-state index >= 15 is 0 Å². The Kier molecular flexibility index (Phi) is 9.54. The molecule has 16 heteroatoms. The van der Waals surface area contributed by atoms with E-state index in [9.17, 15) is 56.2 Å². The fraction of sp³-hybridized carbons (Fsp3) is 1.00. The topological polar surface area (TPSA) is 269 Å².